The van der Waals surface area contributed by atoms with Crippen LogP contribution in [0.1, 0.15) is 59.3 Å². The lowest BCUT2D eigenvalue weighted by Gasteiger charge is -2.42. The topological polar surface area (TPSA) is 46.2 Å². The summed E-state index contributed by atoms with van der Waals surface area (Å²) >= 11 is 0. The summed E-state index contributed by atoms with van der Waals surface area (Å²) in [6.45, 7) is 8.13. The van der Waals surface area contributed by atoms with Crippen molar-refractivity contribution in [2.75, 3.05) is 33.5 Å². The number of rotatable bonds is 14. The van der Waals surface area contributed by atoms with Gasteiger partial charge in [0.05, 0.1) is 6.61 Å². The second-order valence-corrected chi connectivity index (χ2v) is 6.53. The number of halogens is 1. The molecule has 0 aliphatic carbocycles. The normalized spacial score (nSPS) is 29.9. The Bertz CT molecular complexity index is 318. The monoisotopic (exact) mass is 364 g/mol. The van der Waals surface area contributed by atoms with Gasteiger partial charge in [-0.05, 0) is 19.3 Å². The predicted octanol–water partition coefficient (Wildman–Crippen LogP) is 3.88. The van der Waals surface area contributed by atoms with Crippen LogP contribution >= 0.6 is 0 Å². The molecule has 0 N–H and O–H groups in total. The van der Waals surface area contributed by atoms with Crippen LogP contribution in [0.25, 0.3) is 0 Å². The molecule has 5 nitrogen and oxygen atoms in total. The van der Waals surface area contributed by atoms with Crippen LogP contribution in [0.4, 0.5) is 4.39 Å². The molecule has 1 saturated heterocycles. The van der Waals surface area contributed by atoms with Crippen LogP contribution in [-0.4, -0.2) is 64.3 Å². The van der Waals surface area contributed by atoms with Crippen LogP contribution in [0, 0.1) is 0 Å². The Hall–Kier alpha value is -0.270. The van der Waals surface area contributed by atoms with Gasteiger partial charge in [0, 0.05) is 26.9 Å². The summed E-state index contributed by atoms with van der Waals surface area (Å²) in [5.74, 6) is 0. The zero-order valence-corrected chi connectivity index (χ0v) is 16.4. The third kappa shape index (κ3) is 7.87. The molecule has 0 amide bonds. The van der Waals surface area contributed by atoms with Crippen LogP contribution in [0.3, 0.4) is 0 Å². The second kappa shape index (κ2) is 13.9. The lowest BCUT2D eigenvalue weighted by atomic mass is 9.99. The van der Waals surface area contributed by atoms with E-state index in [-0.39, 0.29) is 6.61 Å². The molecular weight excluding hydrogens is 327 g/mol. The molecular formula is C19H37FO5. The third-order valence-electron chi connectivity index (χ3n) is 4.34. The van der Waals surface area contributed by atoms with Gasteiger partial charge in [0.1, 0.15) is 18.3 Å². The average Bonchev–Trinajstić information content (AvgIpc) is 2.62. The van der Waals surface area contributed by atoms with Gasteiger partial charge in [0.25, 0.3) is 0 Å². The Balaban J connectivity index is 2.70. The van der Waals surface area contributed by atoms with Crippen molar-refractivity contribution in [3.05, 3.63) is 0 Å². The van der Waals surface area contributed by atoms with Crippen molar-refractivity contribution in [2.45, 2.75) is 90.1 Å². The van der Waals surface area contributed by atoms with Gasteiger partial charge >= 0.3 is 0 Å². The molecule has 6 heteroatoms. The van der Waals surface area contributed by atoms with E-state index in [1.165, 1.54) is 0 Å². The molecule has 0 saturated carbocycles. The molecule has 1 rings (SSSR count). The smallest absolute Gasteiger partial charge is 0.186 e. The van der Waals surface area contributed by atoms with Crippen molar-refractivity contribution in [2.24, 2.45) is 0 Å². The van der Waals surface area contributed by atoms with E-state index in [4.69, 9.17) is 23.7 Å². The summed E-state index contributed by atoms with van der Waals surface area (Å²) in [7, 11) is 1.55. The summed E-state index contributed by atoms with van der Waals surface area (Å²) in [5, 5.41) is 0. The van der Waals surface area contributed by atoms with Crippen LogP contribution in [0.5, 0.6) is 0 Å². The Morgan fingerprint density at radius 2 is 1.40 bits per heavy atom. The van der Waals surface area contributed by atoms with Crippen molar-refractivity contribution in [1.29, 1.82) is 0 Å². The number of methoxy groups -OCH3 is 1. The van der Waals surface area contributed by atoms with Gasteiger partial charge < -0.3 is 23.7 Å². The summed E-state index contributed by atoms with van der Waals surface area (Å²) in [5.41, 5.74) is 0. The molecule has 4 unspecified atom stereocenters. The molecule has 0 aromatic carbocycles. The Labute approximate surface area is 152 Å². The van der Waals surface area contributed by atoms with Gasteiger partial charge in [0.2, 0.25) is 0 Å². The van der Waals surface area contributed by atoms with Crippen molar-refractivity contribution in [3.8, 4) is 0 Å². The summed E-state index contributed by atoms with van der Waals surface area (Å²) in [6, 6.07) is 0. The van der Waals surface area contributed by atoms with Crippen LogP contribution in [-0.2, 0) is 23.7 Å². The molecule has 1 aliphatic heterocycles. The molecule has 0 aromatic heterocycles. The van der Waals surface area contributed by atoms with Crippen molar-refractivity contribution >= 4 is 0 Å². The standard InChI is InChI=1S/C19H37FO5/c1-5-8-11-22-14-15-16(20)17(23-12-9-6-2)18(19(21-4)25-15)24-13-10-7-3/h15-19H,5-14H2,1-4H3/t15?,16?,17?,18-,19?/m1/s1. The van der Waals surface area contributed by atoms with E-state index in [1.807, 2.05) is 0 Å². The van der Waals surface area contributed by atoms with Crippen molar-refractivity contribution in [1.82, 2.24) is 0 Å². The van der Waals surface area contributed by atoms with E-state index in [0.717, 1.165) is 38.5 Å². The highest BCUT2D eigenvalue weighted by Gasteiger charge is 2.48. The van der Waals surface area contributed by atoms with Gasteiger partial charge in [-0.15, -0.1) is 0 Å². The molecule has 25 heavy (non-hydrogen) atoms. The summed E-state index contributed by atoms with van der Waals surface area (Å²) in [6.07, 6.45) is 1.93. The highest BCUT2D eigenvalue weighted by molar-refractivity contribution is 4.92. The first kappa shape index (κ1) is 22.8. The molecule has 1 aliphatic rings. The Kier molecular flexibility index (Phi) is 12.6. The second-order valence-electron chi connectivity index (χ2n) is 6.53. The minimum absolute atomic E-state index is 0.205. The fraction of sp³-hybridized carbons (Fsp3) is 1.00. The molecule has 0 radical (unpaired) electrons. The average molecular weight is 364 g/mol. The SMILES string of the molecule is CCCCOCC1OC(OC)[C@H](OCCCC)C(OCCCC)C1F. The Morgan fingerprint density at radius 1 is 0.840 bits per heavy atom. The molecule has 150 valence electrons. The Morgan fingerprint density at radius 3 is 1.96 bits per heavy atom. The lowest BCUT2D eigenvalue weighted by molar-refractivity contribution is -0.302. The highest BCUT2D eigenvalue weighted by Crippen LogP contribution is 2.29. The predicted molar refractivity (Wildman–Crippen MR) is 95.6 cm³/mol. The number of unbranched alkanes of at least 4 members (excludes halogenated alkanes) is 3. The van der Waals surface area contributed by atoms with E-state index in [0.29, 0.717) is 19.8 Å². The number of hydrogen-bond acceptors (Lipinski definition) is 5. The zero-order valence-electron chi connectivity index (χ0n) is 16.4. The van der Waals surface area contributed by atoms with Gasteiger partial charge in [-0.1, -0.05) is 40.0 Å². The molecule has 0 aromatic rings. The van der Waals surface area contributed by atoms with Crippen LogP contribution in [0.15, 0.2) is 0 Å². The van der Waals surface area contributed by atoms with Crippen molar-refractivity contribution < 1.29 is 28.1 Å². The lowest BCUT2D eigenvalue weighted by Crippen LogP contribution is -2.59. The maximum Gasteiger partial charge on any atom is 0.186 e. The van der Waals surface area contributed by atoms with E-state index < -0.39 is 30.8 Å². The largest absolute Gasteiger partial charge is 0.379 e. The van der Waals surface area contributed by atoms with Crippen LogP contribution < -0.4 is 0 Å². The molecule has 1 fully saturated rings. The fourth-order valence-corrected chi connectivity index (χ4v) is 2.73. The number of hydrogen-bond donors (Lipinski definition) is 0. The maximum absolute atomic E-state index is 15.1. The first-order valence-corrected chi connectivity index (χ1v) is 9.82. The number of ether oxygens (including phenoxy) is 5. The van der Waals surface area contributed by atoms with Crippen LogP contribution in [0.2, 0.25) is 0 Å². The maximum atomic E-state index is 15.1. The quantitative estimate of drug-likeness (QED) is 0.438. The van der Waals surface area contributed by atoms with Gasteiger partial charge in [-0.2, -0.15) is 0 Å². The van der Waals surface area contributed by atoms with E-state index in [9.17, 15) is 0 Å². The summed E-state index contributed by atoms with van der Waals surface area (Å²) in [4.78, 5) is 0. The molecule has 0 spiro atoms. The molecule has 5 atom stereocenters. The van der Waals surface area contributed by atoms with Gasteiger partial charge in [-0.25, -0.2) is 4.39 Å². The van der Waals surface area contributed by atoms with E-state index in [2.05, 4.69) is 20.8 Å². The minimum Gasteiger partial charge on any atom is -0.379 e. The third-order valence-corrected chi connectivity index (χ3v) is 4.34. The minimum atomic E-state index is -1.29. The molecule has 0 bridgehead atoms. The number of alkyl halides is 1. The highest BCUT2D eigenvalue weighted by atomic mass is 19.1. The van der Waals surface area contributed by atoms with Gasteiger partial charge in [-0.3, -0.25) is 0 Å². The van der Waals surface area contributed by atoms with Crippen molar-refractivity contribution in [3.63, 3.8) is 0 Å². The van der Waals surface area contributed by atoms with E-state index in [1.54, 1.807) is 7.11 Å². The molecule has 1 heterocycles. The fourth-order valence-electron chi connectivity index (χ4n) is 2.73. The van der Waals surface area contributed by atoms with E-state index >= 15 is 4.39 Å². The first-order valence-electron chi connectivity index (χ1n) is 9.82. The zero-order chi connectivity index (χ0) is 18.5. The summed E-state index contributed by atoms with van der Waals surface area (Å²) < 4.78 is 43.6. The van der Waals surface area contributed by atoms with Gasteiger partial charge in [0.15, 0.2) is 12.5 Å². The first-order chi connectivity index (χ1) is 12.2.